The van der Waals surface area contributed by atoms with Gasteiger partial charge in [0, 0.05) is 38.3 Å². The molecule has 2 aromatic heterocycles. The molecule has 4 N–H and O–H groups in total. The van der Waals surface area contributed by atoms with Gasteiger partial charge in [0.2, 0.25) is 11.8 Å². The second-order valence-corrected chi connectivity index (χ2v) is 17.0. The first-order valence-electron chi connectivity index (χ1n) is 20.3. The highest BCUT2D eigenvalue weighted by Gasteiger charge is 2.58. The average molecular weight is 763 g/mol. The van der Waals surface area contributed by atoms with Crippen LogP contribution in [0.25, 0.3) is 33.6 Å². The standard InChI is InChI=1S/C36H40N6O4.2C4H10.C2H2/c43-33(27-17-35(27)9-13-45-14-10-35)39-21-31-37-19-29(41-31)25-5-1-23(2-6-25)24-3-7-26(8-4-24)30-20-38-32(42-30)22-40-34(44)28-18-36(28)11-15-46-16-12-36;2*1-4(2)3;1-2/h1-8,19-20,27-28H,9-18,21-22H2,(H,37,41)(H,38,42)(H,39,43)(H,40,44);2*4H,1-3H3;1-2H. The van der Waals surface area contributed by atoms with Crippen molar-refractivity contribution in [2.45, 2.75) is 93.2 Å². The van der Waals surface area contributed by atoms with Crippen molar-refractivity contribution in [1.29, 1.82) is 0 Å². The van der Waals surface area contributed by atoms with Crippen molar-refractivity contribution in [1.82, 2.24) is 30.6 Å². The highest BCUT2D eigenvalue weighted by Crippen LogP contribution is 2.60. The van der Waals surface area contributed by atoms with Crippen LogP contribution in [0.1, 0.15) is 91.7 Å². The highest BCUT2D eigenvalue weighted by molar-refractivity contribution is 5.83. The minimum absolute atomic E-state index is 0.112. The number of ether oxygens (including phenoxy) is 2. The summed E-state index contributed by atoms with van der Waals surface area (Å²) in [6.07, 6.45) is 17.5. The van der Waals surface area contributed by atoms with E-state index in [2.05, 4.69) is 133 Å². The fraction of sp³-hybridized carbons (Fsp3) is 0.522. The summed E-state index contributed by atoms with van der Waals surface area (Å²) in [5.74, 6) is 3.65. The monoisotopic (exact) mass is 762 g/mol. The van der Waals surface area contributed by atoms with Crippen molar-refractivity contribution in [2.75, 3.05) is 26.4 Å². The topological polar surface area (TPSA) is 134 Å². The number of carbonyl (C=O) groups is 2. The van der Waals surface area contributed by atoms with Crippen molar-refractivity contribution in [3.05, 3.63) is 72.6 Å². The lowest BCUT2D eigenvalue weighted by Gasteiger charge is -2.22. The molecular weight excluding hydrogens is 701 g/mol. The Morgan fingerprint density at radius 2 is 0.929 bits per heavy atom. The zero-order valence-corrected chi connectivity index (χ0v) is 34.3. The van der Waals surface area contributed by atoms with Crippen molar-refractivity contribution >= 4 is 11.8 Å². The normalized spacial score (nSPS) is 19.8. The van der Waals surface area contributed by atoms with E-state index < -0.39 is 0 Å². The third-order valence-electron chi connectivity index (χ3n) is 10.8. The maximum Gasteiger partial charge on any atom is 0.224 e. The van der Waals surface area contributed by atoms with Crippen molar-refractivity contribution < 1.29 is 19.1 Å². The second kappa shape index (κ2) is 19.4. The lowest BCUT2D eigenvalue weighted by molar-refractivity contribution is -0.124. The molecule has 2 aliphatic carbocycles. The molecule has 2 saturated carbocycles. The van der Waals surface area contributed by atoms with Crippen LogP contribution in [0.15, 0.2) is 60.9 Å². The first-order chi connectivity index (χ1) is 27.0. The molecule has 4 fully saturated rings. The number of carbonyl (C=O) groups excluding carboxylic acids is 2. The summed E-state index contributed by atoms with van der Waals surface area (Å²) in [4.78, 5) is 41.1. The zero-order valence-electron chi connectivity index (χ0n) is 34.3. The Morgan fingerprint density at radius 1 is 0.625 bits per heavy atom. The maximum absolute atomic E-state index is 12.7. The van der Waals surface area contributed by atoms with E-state index in [1.165, 1.54) is 0 Å². The SMILES string of the molecule is C#C.CC(C)C.CC(C)C.O=C(NCc1ncc(-c2ccc(-c3ccc(-c4cnc(CNC(=O)C5CC56CCOCC6)[nH]4)cc3)cc2)[nH]1)C1CC12CCOCC2. The van der Waals surface area contributed by atoms with Crippen molar-refractivity contribution in [3.63, 3.8) is 0 Å². The van der Waals surface area contributed by atoms with E-state index in [1.807, 2.05) is 12.4 Å². The molecule has 10 heteroatoms. The molecule has 2 spiro atoms. The number of hydrogen-bond donors (Lipinski definition) is 4. The Hall–Kier alpha value is -4.72. The number of aromatic amines is 2. The average Bonchev–Trinajstić information content (AvgIpc) is 3.87. The van der Waals surface area contributed by atoms with Gasteiger partial charge in [-0.3, -0.25) is 9.59 Å². The van der Waals surface area contributed by atoms with E-state index in [9.17, 15) is 9.59 Å². The third-order valence-corrected chi connectivity index (χ3v) is 10.8. The minimum Gasteiger partial charge on any atom is -0.381 e. The lowest BCUT2D eigenvalue weighted by Crippen LogP contribution is -2.29. The van der Waals surface area contributed by atoms with E-state index >= 15 is 0 Å². The Morgan fingerprint density at radius 3 is 1.25 bits per heavy atom. The number of nitrogens with one attached hydrogen (secondary N) is 4. The molecule has 4 heterocycles. The van der Waals surface area contributed by atoms with Gasteiger partial charge in [0.25, 0.3) is 0 Å². The Labute approximate surface area is 333 Å². The van der Waals surface area contributed by atoms with E-state index in [0.29, 0.717) is 13.1 Å². The van der Waals surface area contributed by atoms with Crippen LogP contribution in [-0.4, -0.2) is 58.2 Å². The molecule has 0 radical (unpaired) electrons. The van der Waals surface area contributed by atoms with Crippen LogP contribution >= 0.6 is 0 Å². The fourth-order valence-corrected chi connectivity index (χ4v) is 7.57. The first kappa shape index (κ1) is 42.4. The first-order valence-corrected chi connectivity index (χ1v) is 20.3. The maximum atomic E-state index is 12.7. The number of H-pyrrole nitrogens is 2. The molecule has 10 nitrogen and oxygen atoms in total. The summed E-state index contributed by atoms with van der Waals surface area (Å²) in [5.41, 5.74) is 6.49. The molecule has 0 bridgehead atoms. The van der Waals surface area contributed by atoms with E-state index in [4.69, 9.17) is 9.47 Å². The van der Waals surface area contributed by atoms with Gasteiger partial charge in [0.15, 0.2) is 0 Å². The number of hydrogen-bond acceptors (Lipinski definition) is 6. The molecule has 2 atom stereocenters. The molecule has 8 rings (SSSR count). The summed E-state index contributed by atoms with van der Waals surface area (Å²) >= 11 is 0. The summed E-state index contributed by atoms with van der Waals surface area (Å²) in [6.45, 7) is 16.9. The third kappa shape index (κ3) is 11.2. The number of nitrogens with zero attached hydrogens (tertiary/aromatic N) is 2. The Balaban J connectivity index is 0.000000543. The van der Waals surface area contributed by atoms with Crippen LogP contribution in [0.2, 0.25) is 0 Å². The summed E-state index contributed by atoms with van der Waals surface area (Å²) in [7, 11) is 0. The fourth-order valence-electron chi connectivity index (χ4n) is 7.57. The van der Waals surface area contributed by atoms with Crippen molar-refractivity contribution in [3.8, 4) is 46.5 Å². The van der Waals surface area contributed by atoms with Crippen LogP contribution < -0.4 is 10.6 Å². The number of benzene rings is 2. The predicted molar refractivity (Wildman–Crippen MR) is 223 cm³/mol. The van der Waals surface area contributed by atoms with Gasteiger partial charge < -0.3 is 30.1 Å². The zero-order chi connectivity index (χ0) is 40.3. The van der Waals surface area contributed by atoms with Crippen LogP contribution in [0.3, 0.4) is 0 Å². The smallest absolute Gasteiger partial charge is 0.224 e. The van der Waals surface area contributed by atoms with Gasteiger partial charge in [-0.15, -0.1) is 12.8 Å². The van der Waals surface area contributed by atoms with Gasteiger partial charge >= 0.3 is 0 Å². The second-order valence-electron chi connectivity index (χ2n) is 17.0. The van der Waals surface area contributed by atoms with Gasteiger partial charge in [-0.25, -0.2) is 9.97 Å². The van der Waals surface area contributed by atoms with Gasteiger partial charge in [-0.05, 0) is 83.4 Å². The Kier molecular flexibility index (Phi) is 14.7. The predicted octanol–water partition coefficient (Wildman–Crippen LogP) is 8.57. The van der Waals surface area contributed by atoms with Gasteiger partial charge in [0.1, 0.15) is 11.6 Å². The molecule has 2 aliphatic heterocycles. The molecular formula is C46H62N6O4. The minimum atomic E-state index is 0.112. The largest absolute Gasteiger partial charge is 0.381 e. The van der Waals surface area contributed by atoms with Crippen LogP contribution in [-0.2, 0) is 32.2 Å². The summed E-state index contributed by atoms with van der Waals surface area (Å²) in [5, 5.41) is 6.15. The summed E-state index contributed by atoms with van der Waals surface area (Å²) in [6, 6.07) is 16.8. The van der Waals surface area contributed by atoms with E-state index in [0.717, 1.165) is 122 Å². The molecule has 2 amide bonds. The Bertz CT molecular complexity index is 1720. The molecule has 2 aromatic carbocycles. The molecule has 2 unspecified atom stereocenters. The number of amides is 2. The van der Waals surface area contributed by atoms with E-state index in [1.54, 1.807) is 0 Å². The molecule has 4 aliphatic rings. The van der Waals surface area contributed by atoms with Gasteiger partial charge in [0.05, 0.1) is 36.9 Å². The molecule has 56 heavy (non-hydrogen) atoms. The highest BCUT2D eigenvalue weighted by atomic mass is 16.5. The van der Waals surface area contributed by atoms with E-state index in [-0.39, 0.29) is 34.5 Å². The molecule has 300 valence electrons. The number of terminal acetylenes is 1. The van der Waals surface area contributed by atoms with Crippen LogP contribution in [0, 0.1) is 47.3 Å². The molecule has 2 saturated heterocycles. The van der Waals surface area contributed by atoms with Crippen LogP contribution in [0.5, 0.6) is 0 Å². The van der Waals surface area contributed by atoms with Crippen molar-refractivity contribution in [2.24, 2.45) is 34.5 Å². The number of rotatable bonds is 9. The summed E-state index contributed by atoms with van der Waals surface area (Å²) < 4.78 is 10.9. The van der Waals surface area contributed by atoms with Crippen LogP contribution in [0.4, 0.5) is 0 Å². The number of aromatic nitrogens is 4. The quantitative estimate of drug-likeness (QED) is 0.126. The number of imidazole rings is 2. The van der Waals surface area contributed by atoms with Gasteiger partial charge in [-0.1, -0.05) is 90.1 Å². The van der Waals surface area contributed by atoms with Gasteiger partial charge in [-0.2, -0.15) is 0 Å². The lowest BCUT2D eigenvalue weighted by atomic mass is 9.93. The molecule has 4 aromatic rings.